The third kappa shape index (κ3) is 7.75. The van der Waals surface area contributed by atoms with Gasteiger partial charge in [-0.25, -0.2) is 0 Å². The van der Waals surface area contributed by atoms with Gasteiger partial charge in [-0.15, -0.1) is 0 Å². The minimum atomic E-state index is 0.0641. The van der Waals surface area contributed by atoms with Gasteiger partial charge in [0.25, 0.3) is 0 Å². The Morgan fingerprint density at radius 1 is 0.667 bits per heavy atom. The molecule has 3 atom stereocenters. The lowest BCUT2D eigenvalue weighted by molar-refractivity contribution is -0.0193. The summed E-state index contributed by atoms with van der Waals surface area (Å²) in [6.45, 7) is 5.37. The van der Waals surface area contributed by atoms with Crippen molar-refractivity contribution in [1.82, 2.24) is 5.32 Å². The van der Waals surface area contributed by atoms with Crippen molar-refractivity contribution in [2.75, 3.05) is 40.0 Å². The van der Waals surface area contributed by atoms with Gasteiger partial charge in [0.15, 0.2) is 0 Å². The van der Waals surface area contributed by atoms with Gasteiger partial charge in [-0.2, -0.15) is 0 Å². The average Bonchev–Trinajstić information content (AvgIpc) is 2.99. The fourth-order valence-electron chi connectivity index (χ4n) is 5.43. The number of hydrogen-bond donors (Lipinski definition) is 1. The predicted octanol–water partition coefficient (Wildman–Crippen LogP) is 6.11. The van der Waals surface area contributed by atoms with E-state index < -0.39 is 0 Å². The topological polar surface area (TPSA) is 49.0 Å². The lowest BCUT2D eigenvalue weighted by Gasteiger charge is -2.38. The van der Waals surface area contributed by atoms with Gasteiger partial charge in [0.1, 0.15) is 0 Å². The minimum absolute atomic E-state index is 0.0641. The quantitative estimate of drug-likeness (QED) is 0.214. The van der Waals surface area contributed by atoms with Crippen molar-refractivity contribution < 1.29 is 18.9 Å². The molecule has 3 unspecified atom stereocenters. The monoisotopic (exact) mass is 525 g/mol. The van der Waals surface area contributed by atoms with Gasteiger partial charge in [-0.3, -0.25) is 0 Å². The highest BCUT2D eigenvalue weighted by Crippen LogP contribution is 2.33. The van der Waals surface area contributed by atoms with E-state index in [4.69, 9.17) is 18.9 Å². The van der Waals surface area contributed by atoms with E-state index in [1.54, 1.807) is 7.11 Å². The molecule has 4 aromatic carbocycles. The zero-order chi connectivity index (χ0) is 26.7. The van der Waals surface area contributed by atoms with E-state index in [0.717, 1.165) is 18.7 Å². The molecule has 0 spiro atoms. The molecule has 0 saturated carbocycles. The third-order valence-corrected chi connectivity index (χ3v) is 7.44. The molecule has 1 fully saturated rings. The molecule has 0 amide bonds. The molecular formula is C34H39NO4. The van der Waals surface area contributed by atoms with Crippen molar-refractivity contribution in [3.63, 3.8) is 0 Å². The molecule has 5 rings (SSSR count). The second-order valence-corrected chi connectivity index (χ2v) is 10.3. The minimum Gasteiger partial charge on any atom is -0.384 e. The van der Waals surface area contributed by atoms with Crippen molar-refractivity contribution in [3.8, 4) is 0 Å². The van der Waals surface area contributed by atoms with Crippen LogP contribution in [0.4, 0.5) is 0 Å². The Balaban J connectivity index is 1.16. The molecule has 39 heavy (non-hydrogen) atoms. The van der Waals surface area contributed by atoms with Crippen molar-refractivity contribution in [2.24, 2.45) is 5.92 Å². The fourth-order valence-corrected chi connectivity index (χ4v) is 5.43. The molecule has 5 heteroatoms. The van der Waals surface area contributed by atoms with Gasteiger partial charge < -0.3 is 24.3 Å². The predicted molar refractivity (Wildman–Crippen MR) is 156 cm³/mol. The Morgan fingerprint density at radius 2 is 1.33 bits per heavy atom. The van der Waals surface area contributed by atoms with Crippen molar-refractivity contribution in [2.45, 2.75) is 31.8 Å². The number of piperidine rings is 1. The number of fused-ring (bicyclic) bond motifs is 1. The first-order valence-electron chi connectivity index (χ1n) is 13.9. The summed E-state index contributed by atoms with van der Waals surface area (Å²) in [5.74, 6) is 0.599. The van der Waals surface area contributed by atoms with E-state index in [0.29, 0.717) is 45.6 Å². The number of hydrogen-bond acceptors (Lipinski definition) is 5. The van der Waals surface area contributed by atoms with Crippen molar-refractivity contribution in [3.05, 3.63) is 119 Å². The van der Waals surface area contributed by atoms with E-state index in [1.807, 2.05) is 18.2 Å². The summed E-state index contributed by atoms with van der Waals surface area (Å²) < 4.78 is 23.8. The molecule has 1 N–H and O–H groups in total. The summed E-state index contributed by atoms with van der Waals surface area (Å²) >= 11 is 0. The molecule has 0 aromatic heterocycles. The molecule has 1 saturated heterocycles. The third-order valence-electron chi connectivity index (χ3n) is 7.44. The lowest BCUT2D eigenvalue weighted by Crippen LogP contribution is -2.48. The Labute approximate surface area is 232 Å². The van der Waals surface area contributed by atoms with Crippen molar-refractivity contribution >= 4 is 10.8 Å². The van der Waals surface area contributed by atoms with Gasteiger partial charge in [0, 0.05) is 32.0 Å². The number of nitrogens with one attached hydrogen (secondary N) is 1. The maximum Gasteiger partial charge on any atom is 0.0776 e. The summed E-state index contributed by atoms with van der Waals surface area (Å²) in [6, 6.07) is 34.0. The molecule has 1 heterocycles. The Kier molecular flexibility index (Phi) is 10.1. The van der Waals surface area contributed by atoms with Gasteiger partial charge >= 0.3 is 0 Å². The van der Waals surface area contributed by atoms with Crippen LogP contribution in [-0.2, 0) is 38.8 Å². The van der Waals surface area contributed by atoms with Crippen molar-refractivity contribution in [1.29, 1.82) is 0 Å². The molecule has 0 aliphatic carbocycles. The SMILES string of the molecule is COCC1CNCC(OCc2ccc3ccccc3c2)C1c1ccc(COCCOCc2ccccc2)cc1. The normalized spacial score (nSPS) is 19.4. The van der Waals surface area contributed by atoms with Crippen LogP contribution >= 0.6 is 0 Å². The average molecular weight is 526 g/mol. The molecular weight excluding hydrogens is 486 g/mol. The van der Waals surface area contributed by atoms with Crippen LogP contribution < -0.4 is 5.32 Å². The molecule has 5 nitrogen and oxygen atoms in total. The summed E-state index contributed by atoms with van der Waals surface area (Å²) in [5.41, 5.74) is 4.82. The van der Waals surface area contributed by atoms with Crippen LogP contribution in [0.3, 0.4) is 0 Å². The van der Waals surface area contributed by atoms with Crippen LogP contribution in [-0.4, -0.2) is 46.1 Å². The summed E-state index contributed by atoms with van der Waals surface area (Å²) in [5, 5.41) is 6.06. The number of rotatable bonds is 13. The van der Waals surface area contributed by atoms with E-state index >= 15 is 0 Å². The highest BCUT2D eigenvalue weighted by atomic mass is 16.5. The Morgan fingerprint density at radius 3 is 2.08 bits per heavy atom. The van der Waals surface area contributed by atoms with Crippen LogP contribution in [0.1, 0.15) is 28.2 Å². The zero-order valence-electron chi connectivity index (χ0n) is 22.8. The van der Waals surface area contributed by atoms with Crippen LogP contribution in [0, 0.1) is 5.92 Å². The Hall–Kier alpha value is -3.06. The molecule has 0 radical (unpaired) electrons. The second kappa shape index (κ2) is 14.4. The van der Waals surface area contributed by atoms with Gasteiger partial charge in [-0.1, -0.05) is 91.0 Å². The molecule has 4 aromatic rings. The first-order valence-corrected chi connectivity index (χ1v) is 13.9. The maximum absolute atomic E-state index is 6.57. The number of benzene rings is 4. The molecule has 1 aliphatic rings. The first-order chi connectivity index (χ1) is 19.3. The highest BCUT2D eigenvalue weighted by Gasteiger charge is 2.35. The maximum atomic E-state index is 6.57. The standard InChI is InChI=1S/C34H39NO4/c1-36-25-32-20-35-21-33(39-24-28-13-14-29-9-5-6-10-31(29)19-28)34(32)30-15-11-27(12-16-30)23-38-18-17-37-22-26-7-3-2-4-8-26/h2-16,19,32-35H,17-18,20-25H2,1H3. The molecule has 0 bridgehead atoms. The van der Waals surface area contributed by atoms with E-state index in [9.17, 15) is 0 Å². The van der Waals surface area contributed by atoms with Crippen LogP contribution in [0.5, 0.6) is 0 Å². The second-order valence-electron chi connectivity index (χ2n) is 10.3. The number of ether oxygens (including phenoxy) is 4. The van der Waals surface area contributed by atoms with Crippen LogP contribution in [0.25, 0.3) is 10.8 Å². The highest BCUT2D eigenvalue weighted by molar-refractivity contribution is 5.82. The summed E-state index contributed by atoms with van der Waals surface area (Å²) in [7, 11) is 1.78. The first kappa shape index (κ1) is 27.5. The number of methoxy groups -OCH3 is 1. The van der Waals surface area contributed by atoms with Gasteiger partial charge in [0.05, 0.1) is 45.7 Å². The largest absolute Gasteiger partial charge is 0.384 e. The van der Waals surface area contributed by atoms with Gasteiger partial charge in [0.2, 0.25) is 0 Å². The van der Waals surface area contributed by atoms with E-state index in [-0.39, 0.29) is 12.0 Å². The summed E-state index contributed by atoms with van der Waals surface area (Å²) in [6.07, 6.45) is 0.0641. The van der Waals surface area contributed by atoms with Gasteiger partial charge in [-0.05, 0) is 39.1 Å². The molecule has 1 aliphatic heterocycles. The van der Waals surface area contributed by atoms with E-state index in [2.05, 4.69) is 84.2 Å². The lowest BCUT2D eigenvalue weighted by atomic mass is 9.79. The van der Waals surface area contributed by atoms with Crippen LogP contribution in [0.2, 0.25) is 0 Å². The summed E-state index contributed by atoms with van der Waals surface area (Å²) in [4.78, 5) is 0. The van der Waals surface area contributed by atoms with Crippen LogP contribution in [0.15, 0.2) is 97.1 Å². The molecule has 204 valence electrons. The van der Waals surface area contributed by atoms with E-state index in [1.165, 1.54) is 27.5 Å². The smallest absolute Gasteiger partial charge is 0.0776 e. The fraction of sp³-hybridized carbons (Fsp3) is 0.353. The Bertz CT molecular complexity index is 1280. The zero-order valence-corrected chi connectivity index (χ0v) is 22.8.